The van der Waals surface area contributed by atoms with Gasteiger partial charge in [0.2, 0.25) is 0 Å². The summed E-state index contributed by atoms with van der Waals surface area (Å²) in [6.07, 6.45) is 2.91. The average molecular weight is 295 g/mol. The van der Waals surface area contributed by atoms with Gasteiger partial charge in [-0.15, -0.1) is 0 Å². The number of benzene rings is 1. The molecule has 2 unspecified atom stereocenters. The van der Waals surface area contributed by atoms with Gasteiger partial charge < -0.3 is 9.90 Å². The third kappa shape index (κ3) is 5.04. The Morgan fingerprint density at radius 2 is 1.70 bits per heavy atom. The molecule has 3 heteroatoms. The van der Waals surface area contributed by atoms with E-state index in [4.69, 9.17) is 5.11 Å². The van der Waals surface area contributed by atoms with Crippen LogP contribution in [0.5, 0.6) is 0 Å². The third-order valence-corrected chi connectivity index (χ3v) is 9.01. The average Bonchev–Trinajstić information content (AvgIpc) is 2.37. The largest absolute Gasteiger partial charge is 0.431 e. The molecule has 2 nitrogen and oxygen atoms in total. The number of rotatable bonds is 7. The van der Waals surface area contributed by atoms with E-state index in [1.165, 1.54) is 5.56 Å². The first kappa shape index (κ1) is 17.4. The lowest BCUT2D eigenvalue weighted by atomic mass is 9.95. The van der Waals surface area contributed by atoms with Gasteiger partial charge in [-0.25, -0.2) is 0 Å². The monoisotopic (exact) mass is 294 g/mol. The molecule has 114 valence electrons. The summed E-state index contributed by atoms with van der Waals surface area (Å²) in [7, 11) is -2.27. The lowest BCUT2D eigenvalue weighted by molar-refractivity contribution is 0.281. The molecule has 0 aliphatic heterocycles. The molecule has 0 fully saturated rings. The Kier molecular flexibility index (Phi) is 6.43. The maximum Gasteiger partial charge on any atom is 0.191 e. The van der Waals surface area contributed by atoms with Crippen molar-refractivity contribution in [3.63, 3.8) is 0 Å². The van der Waals surface area contributed by atoms with Crippen LogP contribution in [0.2, 0.25) is 17.6 Å². The molecule has 20 heavy (non-hydrogen) atoms. The molecular formula is C17H30O2Si. The highest BCUT2D eigenvalue weighted by Gasteiger charge is 2.40. The summed E-state index contributed by atoms with van der Waals surface area (Å²) in [5, 5.41) is 8.97. The van der Waals surface area contributed by atoms with Gasteiger partial charge in [0.1, 0.15) is 0 Å². The smallest absolute Gasteiger partial charge is 0.191 e. The normalized spacial score (nSPS) is 16.7. The summed E-state index contributed by atoms with van der Waals surface area (Å²) in [4.78, 5) is 10.9. The molecule has 0 spiro atoms. The van der Waals surface area contributed by atoms with Gasteiger partial charge in [0.15, 0.2) is 8.32 Å². The van der Waals surface area contributed by atoms with Crippen molar-refractivity contribution in [1.82, 2.24) is 0 Å². The summed E-state index contributed by atoms with van der Waals surface area (Å²) < 4.78 is 0. The Labute approximate surface area is 125 Å². The van der Waals surface area contributed by atoms with Crippen LogP contribution in [-0.4, -0.2) is 24.8 Å². The van der Waals surface area contributed by atoms with E-state index < -0.39 is 8.32 Å². The van der Waals surface area contributed by atoms with Crippen molar-refractivity contribution >= 4 is 8.32 Å². The van der Waals surface area contributed by atoms with Crippen LogP contribution in [0.1, 0.15) is 51.5 Å². The Morgan fingerprint density at radius 1 is 1.10 bits per heavy atom. The molecule has 2 N–H and O–H groups in total. The van der Waals surface area contributed by atoms with E-state index in [2.05, 4.69) is 51.6 Å². The van der Waals surface area contributed by atoms with Gasteiger partial charge >= 0.3 is 0 Å². The van der Waals surface area contributed by atoms with Crippen LogP contribution in [0.25, 0.3) is 0 Å². The zero-order valence-corrected chi connectivity index (χ0v) is 14.4. The molecule has 0 saturated heterocycles. The highest BCUT2D eigenvalue weighted by molar-refractivity contribution is 6.74. The minimum Gasteiger partial charge on any atom is -0.431 e. The second-order valence-corrected chi connectivity index (χ2v) is 11.5. The van der Waals surface area contributed by atoms with Crippen molar-refractivity contribution in [3.8, 4) is 0 Å². The van der Waals surface area contributed by atoms with Crippen molar-refractivity contribution in [2.75, 3.05) is 6.61 Å². The Bertz CT molecular complexity index is 382. The molecule has 1 rings (SSSR count). The van der Waals surface area contributed by atoms with Crippen LogP contribution >= 0.6 is 0 Å². The fourth-order valence-corrected chi connectivity index (χ4v) is 4.41. The molecule has 0 heterocycles. The van der Waals surface area contributed by atoms with Gasteiger partial charge in [0.05, 0.1) is 0 Å². The predicted octanol–water partition coefficient (Wildman–Crippen LogP) is 4.30. The van der Waals surface area contributed by atoms with Gasteiger partial charge in [-0.05, 0) is 42.0 Å². The van der Waals surface area contributed by atoms with Crippen molar-refractivity contribution in [2.24, 2.45) is 0 Å². The van der Waals surface area contributed by atoms with Crippen LogP contribution in [-0.2, 0) is 0 Å². The van der Waals surface area contributed by atoms with Crippen LogP contribution in [0, 0.1) is 0 Å². The summed E-state index contributed by atoms with van der Waals surface area (Å²) in [6, 6.07) is 11.4. The second-order valence-electron chi connectivity index (χ2n) is 7.05. The molecule has 1 aromatic rings. The molecule has 0 saturated carbocycles. The van der Waals surface area contributed by atoms with E-state index in [9.17, 15) is 4.80 Å². The first-order valence-corrected chi connectivity index (χ1v) is 10.3. The lowest BCUT2D eigenvalue weighted by Gasteiger charge is -2.37. The van der Waals surface area contributed by atoms with Gasteiger partial charge in [0, 0.05) is 6.61 Å². The van der Waals surface area contributed by atoms with E-state index in [0.29, 0.717) is 5.92 Å². The quantitative estimate of drug-likeness (QED) is 0.581. The fourth-order valence-electron chi connectivity index (χ4n) is 2.40. The highest BCUT2D eigenvalue weighted by atomic mass is 28.4. The first-order valence-electron chi connectivity index (χ1n) is 7.66. The highest BCUT2D eigenvalue weighted by Crippen LogP contribution is 2.42. The topological polar surface area (TPSA) is 40.5 Å². The van der Waals surface area contributed by atoms with Gasteiger partial charge in [0.25, 0.3) is 0 Å². The van der Waals surface area contributed by atoms with Gasteiger partial charge in [-0.1, -0.05) is 57.5 Å². The number of unbranched alkanes of at least 4 members (excludes halogenated alkanes) is 1. The van der Waals surface area contributed by atoms with Crippen molar-refractivity contribution in [2.45, 2.75) is 63.6 Å². The molecule has 2 atom stereocenters. The van der Waals surface area contributed by atoms with E-state index in [1.807, 2.05) is 6.07 Å². The Hall–Kier alpha value is -0.643. The summed E-state index contributed by atoms with van der Waals surface area (Å²) >= 11 is 0. The molecule has 0 radical (unpaired) electrons. The van der Waals surface area contributed by atoms with Crippen molar-refractivity contribution < 1.29 is 9.90 Å². The standard InChI is InChI=1S/C17H30O2Si/c1-17(2,3)20(4,19)14-16(12-8-9-13-18)15-10-6-5-7-11-15/h5-7,10-11,16,18-19H,8-9,12-14H2,1-4H3. The van der Waals surface area contributed by atoms with Crippen LogP contribution in [0.15, 0.2) is 30.3 Å². The van der Waals surface area contributed by atoms with Crippen LogP contribution < -0.4 is 0 Å². The third-order valence-electron chi connectivity index (χ3n) is 4.49. The zero-order chi connectivity index (χ0) is 15.2. The van der Waals surface area contributed by atoms with E-state index in [0.717, 1.165) is 25.3 Å². The van der Waals surface area contributed by atoms with E-state index >= 15 is 0 Å². The van der Waals surface area contributed by atoms with Gasteiger partial charge in [-0.3, -0.25) is 0 Å². The van der Waals surface area contributed by atoms with Crippen LogP contribution in [0.3, 0.4) is 0 Å². The number of aliphatic hydroxyl groups excluding tert-OH is 1. The minimum atomic E-state index is -2.27. The van der Waals surface area contributed by atoms with Gasteiger partial charge in [-0.2, -0.15) is 0 Å². The Balaban J connectivity index is 2.83. The number of aliphatic hydroxyl groups is 1. The summed E-state index contributed by atoms with van der Waals surface area (Å²) in [6.45, 7) is 8.78. The summed E-state index contributed by atoms with van der Waals surface area (Å²) in [5.74, 6) is 0.406. The Morgan fingerprint density at radius 3 is 2.20 bits per heavy atom. The fraction of sp³-hybridized carbons (Fsp3) is 0.647. The maximum absolute atomic E-state index is 10.9. The van der Waals surface area contributed by atoms with E-state index in [-0.39, 0.29) is 11.6 Å². The van der Waals surface area contributed by atoms with Crippen molar-refractivity contribution in [1.29, 1.82) is 0 Å². The summed E-state index contributed by atoms with van der Waals surface area (Å²) in [5.41, 5.74) is 1.32. The zero-order valence-electron chi connectivity index (χ0n) is 13.4. The number of hydrogen-bond acceptors (Lipinski definition) is 2. The second kappa shape index (κ2) is 7.39. The molecule has 0 aliphatic rings. The number of hydrogen-bond donors (Lipinski definition) is 2. The molecule has 0 bridgehead atoms. The minimum absolute atomic E-state index is 0.00297. The maximum atomic E-state index is 10.9. The molecule has 0 aromatic heterocycles. The first-order chi connectivity index (χ1) is 9.28. The molecule has 0 aliphatic carbocycles. The SMILES string of the molecule is CC(C)(C)[Si](C)(O)CC(CCCCO)c1ccccc1. The van der Waals surface area contributed by atoms with Crippen LogP contribution in [0.4, 0.5) is 0 Å². The molecule has 1 aromatic carbocycles. The lowest BCUT2D eigenvalue weighted by Crippen LogP contribution is -2.42. The van der Waals surface area contributed by atoms with E-state index in [1.54, 1.807) is 0 Å². The molecule has 0 amide bonds. The molecular weight excluding hydrogens is 264 g/mol. The predicted molar refractivity (Wildman–Crippen MR) is 88.5 cm³/mol. The van der Waals surface area contributed by atoms with Crippen molar-refractivity contribution in [3.05, 3.63) is 35.9 Å².